The number of benzene rings is 2. The number of carbonyl (C=O) groups is 1. The van der Waals surface area contributed by atoms with Crippen LogP contribution >= 0.6 is 15.9 Å². The van der Waals surface area contributed by atoms with E-state index in [4.69, 9.17) is 0 Å². The summed E-state index contributed by atoms with van der Waals surface area (Å²) in [5.74, 6) is 6.21. The number of rotatable bonds is 3. The minimum absolute atomic E-state index is 0.0518. The summed E-state index contributed by atoms with van der Waals surface area (Å²) in [5.41, 5.74) is 2.97. The van der Waals surface area contributed by atoms with Gasteiger partial charge in [0.25, 0.3) is 0 Å². The van der Waals surface area contributed by atoms with E-state index in [0.29, 0.717) is 0 Å². The van der Waals surface area contributed by atoms with Gasteiger partial charge in [-0.25, -0.2) is 4.98 Å². The highest BCUT2D eigenvalue weighted by Gasteiger charge is 2.45. The van der Waals surface area contributed by atoms with Gasteiger partial charge in [0.2, 0.25) is 5.91 Å². The molecule has 28 heavy (non-hydrogen) atoms. The Morgan fingerprint density at radius 3 is 2.50 bits per heavy atom. The van der Waals surface area contributed by atoms with E-state index in [-0.39, 0.29) is 5.91 Å². The number of halogens is 1. The fourth-order valence-corrected chi connectivity index (χ4v) is 3.71. The van der Waals surface area contributed by atoms with Gasteiger partial charge in [-0.3, -0.25) is 4.79 Å². The molecule has 138 valence electrons. The Morgan fingerprint density at radius 1 is 1.00 bits per heavy atom. The van der Waals surface area contributed by atoms with E-state index >= 15 is 0 Å². The van der Waals surface area contributed by atoms with Gasteiger partial charge in [-0.2, -0.15) is 0 Å². The maximum atomic E-state index is 13.1. The molecule has 1 fully saturated rings. The van der Waals surface area contributed by atoms with Crippen LogP contribution in [0.3, 0.4) is 0 Å². The van der Waals surface area contributed by atoms with Gasteiger partial charge in [-0.05, 0) is 66.8 Å². The Bertz CT molecular complexity index is 1050. The van der Waals surface area contributed by atoms with E-state index in [9.17, 15) is 4.79 Å². The quantitative estimate of drug-likeness (QED) is 0.572. The van der Waals surface area contributed by atoms with E-state index in [0.717, 1.165) is 46.2 Å². The molecule has 4 rings (SSSR count). The van der Waals surface area contributed by atoms with Crippen molar-refractivity contribution >= 4 is 27.5 Å². The van der Waals surface area contributed by atoms with Crippen molar-refractivity contribution in [2.45, 2.75) is 24.7 Å². The highest BCUT2D eigenvalue weighted by molar-refractivity contribution is 9.10. The molecule has 0 unspecified atom stereocenters. The molecule has 0 saturated heterocycles. The predicted octanol–water partition coefficient (Wildman–Crippen LogP) is 5.30. The molecule has 0 aliphatic heterocycles. The van der Waals surface area contributed by atoms with Crippen molar-refractivity contribution in [2.24, 2.45) is 0 Å². The number of amides is 1. The molecule has 1 aromatic heterocycles. The van der Waals surface area contributed by atoms with Gasteiger partial charge in [0, 0.05) is 21.9 Å². The number of aromatic nitrogens is 1. The number of anilines is 1. The van der Waals surface area contributed by atoms with Crippen LogP contribution in [-0.4, -0.2) is 10.9 Å². The molecule has 0 bridgehead atoms. The highest BCUT2D eigenvalue weighted by atomic mass is 79.9. The van der Waals surface area contributed by atoms with E-state index in [1.54, 1.807) is 6.20 Å². The second-order valence-electron chi connectivity index (χ2n) is 6.94. The summed E-state index contributed by atoms with van der Waals surface area (Å²) in [6.45, 7) is 0. The van der Waals surface area contributed by atoms with Crippen LogP contribution in [0.5, 0.6) is 0 Å². The Labute approximate surface area is 173 Å². The Morgan fingerprint density at radius 2 is 1.82 bits per heavy atom. The van der Waals surface area contributed by atoms with Crippen LogP contribution < -0.4 is 5.32 Å². The number of hydrogen-bond acceptors (Lipinski definition) is 2. The van der Waals surface area contributed by atoms with Crippen LogP contribution in [0, 0.1) is 11.8 Å². The molecule has 0 spiro atoms. The fraction of sp³-hybridized carbons (Fsp3) is 0.167. The third-order valence-electron chi connectivity index (χ3n) is 5.16. The first kappa shape index (κ1) is 18.5. The first-order valence-corrected chi connectivity index (χ1v) is 10.1. The van der Waals surface area contributed by atoms with Crippen LogP contribution in [0.25, 0.3) is 0 Å². The molecule has 1 aliphatic carbocycles. The molecule has 1 heterocycles. The highest BCUT2D eigenvalue weighted by Crippen LogP contribution is 2.44. The molecule has 3 aromatic rings. The Hall–Kier alpha value is -2.90. The summed E-state index contributed by atoms with van der Waals surface area (Å²) in [7, 11) is 0. The van der Waals surface area contributed by atoms with Gasteiger partial charge >= 0.3 is 0 Å². The van der Waals surface area contributed by atoms with Crippen molar-refractivity contribution < 1.29 is 4.79 Å². The van der Waals surface area contributed by atoms with Crippen molar-refractivity contribution in [3.05, 3.63) is 94.2 Å². The third-order valence-corrected chi connectivity index (χ3v) is 5.69. The maximum absolute atomic E-state index is 13.1. The zero-order chi connectivity index (χ0) is 19.4. The molecule has 0 atom stereocenters. The van der Waals surface area contributed by atoms with Gasteiger partial charge in [0.15, 0.2) is 0 Å². The van der Waals surface area contributed by atoms with Gasteiger partial charge in [-0.15, -0.1) is 0 Å². The summed E-state index contributed by atoms with van der Waals surface area (Å²) < 4.78 is 1.02. The van der Waals surface area contributed by atoms with Gasteiger partial charge < -0.3 is 5.32 Å². The Balaban J connectivity index is 1.53. The molecule has 1 aliphatic rings. The monoisotopic (exact) mass is 430 g/mol. The molecular formula is C24H19BrN2O. The van der Waals surface area contributed by atoms with Crippen molar-refractivity contribution in [2.75, 3.05) is 5.32 Å². The van der Waals surface area contributed by atoms with E-state index in [1.165, 1.54) is 0 Å². The van der Waals surface area contributed by atoms with Gasteiger partial charge in [-0.1, -0.05) is 52.5 Å². The first-order valence-electron chi connectivity index (χ1n) is 9.26. The van der Waals surface area contributed by atoms with Crippen molar-refractivity contribution in [1.82, 2.24) is 4.98 Å². The number of carbonyl (C=O) groups excluding carboxylic acids is 1. The van der Waals surface area contributed by atoms with Crippen LogP contribution in [-0.2, 0) is 10.2 Å². The zero-order valence-electron chi connectivity index (χ0n) is 15.3. The molecule has 4 heteroatoms. The lowest BCUT2D eigenvalue weighted by atomic mass is 9.64. The summed E-state index contributed by atoms with van der Waals surface area (Å²) in [6.07, 6.45) is 4.54. The Kier molecular flexibility index (Phi) is 5.27. The van der Waals surface area contributed by atoms with Crippen molar-refractivity contribution in [1.29, 1.82) is 0 Å². The lowest BCUT2D eigenvalue weighted by Gasteiger charge is -2.40. The van der Waals surface area contributed by atoms with Crippen LogP contribution in [0.15, 0.2) is 77.4 Å². The zero-order valence-corrected chi connectivity index (χ0v) is 16.9. The molecule has 1 saturated carbocycles. The second kappa shape index (κ2) is 8.00. The summed E-state index contributed by atoms with van der Waals surface area (Å²) >= 11 is 3.46. The molecular weight excluding hydrogens is 412 g/mol. The lowest BCUT2D eigenvalue weighted by molar-refractivity contribution is -0.124. The molecule has 1 amide bonds. The van der Waals surface area contributed by atoms with Gasteiger partial charge in [0.05, 0.1) is 5.41 Å². The molecule has 0 radical (unpaired) electrons. The average Bonchev–Trinajstić information content (AvgIpc) is 2.68. The molecule has 1 N–H and O–H groups in total. The summed E-state index contributed by atoms with van der Waals surface area (Å²) in [4.78, 5) is 17.3. The summed E-state index contributed by atoms with van der Waals surface area (Å²) in [5, 5.41) is 3.10. The third kappa shape index (κ3) is 3.85. The molecule has 2 aromatic carbocycles. The normalized spacial score (nSPS) is 14.3. The lowest BCUT2D eigenvalue weighted by Crippen LogP contribution is -2.46. The van der Waals surface area contributed by atoms with Gasteiger partial charge in [0.1, 0.15) is 5.69 Å². The molecule has 3 nitrogen and oxygen atoms in total. The van der Waals surface area contributed by atoms with Crippen LogP contribution in [0.4, 0.5) is 5.69 Å². The van der Waals surface area contributed by atoms with Crippen molar-refractivity contribution in [3.63, 3.8) is 0 Å². The van der Waals surface area contributed by atoms with E-state index < -0.39 is 5.41 Å². The minimum atomic E-state index is -0.434. The smallest absolute Gasteiger partial charge is 0.235 e. The number of nitrogens with zero attached hydrogens (tertiary/aromatic N) is 1. The fourth-order valence-electron chi connectivity index (χ4n) is 3.44. The standard InChI is InChI=1S/C24H19BrN2O/c25-20-11-9-19(10-12-20)24(14-4-15-24)23(28)27-22-7-3-5-18(17-22)8-13-21-6-1-2-16-26-21/h1-3,5-7,9-12,16-17H,4,14-15H2,(H,27,28). The number of nitrogens with one attached hydrogen (secondary N) is 1. The largest absolute Gasteiger partial charge is 0.325 e. The number of hydrogen-bond donors (Lipinski definition) is 1. The maximum Gasteiger partial charge on any atom is 0.235 e. The van der Waals surface area contributed by atoms with Crippen LogP contribution in [0.2, 0.25) is 0 Å². The second-order valence-corrected chi connectivity index (χ2v) is 7.86. The van der Waals surface area contributed by atoms with E-state index in [1.807, 2.05) is 66.7 Å². The van der Waals surface area contributed by atoms with Crippen LogP contribution in [0.1, 0.15) is 36.1 Å². The van der Waals surface area contributed by atoms with E-state index in [2.05, 4.69) is 38.1 Å². The number of pyridine rings is 1. The minimum Gasteiger partial charge on any atom is -0.325 e. The first-order chi connectivity index (χ1) is 13.7. The van der Waals surface area contributed by atoms with Crippen molar-refractivity contribution in [3.8, 4) is 11.8 Å². The average molecular weight is 431 g/mol. The summed E-state index contributed by atoms with van der Waals surface area (Å²) in [6, 6.07) is 21.4. The predicted molar refractivity (Wildman–Crippen MR) is 115 cm³/mol. The SMILES string of the molecule is O=C(Nc1cccc(C#Cc2ccccn2)c1)C1(c2ccc(Br)cc2)CCC1. The topological polar surface area (TPSA) is 42.0 Å².